The van der Waals surface area contributed by atoms with Gasteiger partial charge >= 0.3 is 0 Å². The van der Waals surface area contributed by atoms with E-state index in [-0.39, 0.29) is 6.61 Å². The van der Waals surface area contributed by atoms with Crippen LogP contribution in [0.1, 0.15) is 41.5 Å². The van der Waals surface area contributed by atoms with E-state index in [1.54, 1.807) is 0 Å². The van der Waals surface area contributed by atoms with Gasteiger partial charge in [-0.15, -0.1) is 0 Å². The Bertz CT molecular complexity index is 188. The van der Waals surface area contributed by atoms with E-state index in [1.165, 1.54) is 0 Å². The molecule has 0 aromatic heterocycles. The second-order valence-corrected chi connectivity index (χ2v) is 10.5. The second kappa shape index (κ2) is 5.71. The lowest BCUT2D eigenvalue weighted by molar-refractivity contribution is 0.250. The summed E-state index contributed by atoms with van der Waals surface area (Å²) in [6.07, 6.45) is 0. The van der Waals surface area contributed by atoms with Crippen LogP contribution in [0.3, 0.4) is 0 Å². The molecule has 0 heterocycles. The van der Waals surface area contributed by atoms with E-state index in [9.17, 15) is 0 Å². The third-order valence-corrected chi connectivity index (χ3v) is 9.26. The summed E-state index contributed by atoms with van der Waals surface area (Å²) in [6, 6.07) is 0. The molecule has 0 rings (SSSR count). The lowest BCUT2D eigenvalue weighted by Crippen LogP contribution is -2.47. The minimum Gasteiger partial charge on any atom is -0.544 e. The molecule has 0 aromatic carbocycles. The highest BCUT2D eigenvalue weighted by molar-refractivity contribution is 6.77. The lowest BCUT2D eigenvalue weighted by Gasteiger charge is -2.42. The quantitative estimate of drug-likeness (QED) is 0.557. The summed E-state index contributed by atoms with van der Waals surface area (Å²) in [5.74, 6) is 0.526. The molecule has 0 spiro atoms. The smallest absolute Gasteiger partial charge is 0.258 e. The van der Waals surface area contributed by atoms with Gasteiger partial charge in [-0.25, -0.2) is 0 Å². The van der Waals surface area contributed by atoms with E-state index in [2.05, 4.69) is 48.1 Å². The Kier molecular flexibility index (Phi) is 5.60. The maximum absolute atomic E-state index is 9.04. The van der Waals surface area contributed by atoms with Crippen LogP contribution in [0.25, 0.3) is 0 Å². The molecule has 0 bridgehead atoms. The first-order valence-electron chi connectivity index (χ1n) is 5.76. The van der Waals surface area contributed by atoms with Gasteiger partial charge in [0.15, 0.2) is 0 Å². The Hall–Kier alpha value is -0.283. The van der Waals surface area contributed by atoms with E-state index in [0.717, 1.165) is 0 Å². The SMILES string of the molecule is C=C(CO)O[Si](C(C)C)(C(C)C)C(C)C. The molecule has 0 radical (unpaired) electrons. The molecule has 0 unspecified atom stereocenters. The van der Waals surface area contributed by atoms with Gasteiger partial charge in [-0.05, 0) is 16.6 Å². The Balaban J connectivity index is 5.05. The Morgan fingerprint density at radius 3 is 1.60 bits per heavy atom. The van der Waals surface area contributed by atoms with Crippen LogP contribution in [0.4, 0.5) is 0 Å². The van der Waals surface area contributed by atoms with Crippen molar-refractivity contribution in [1.29, 1.82) is 0 Å². The monoisotopic (exact) mass is 230 g/mol. The predicted molar refractivity (Wildman–Crippen MR) is 68.4 cm³/mol. The summed E-state index contributed by atoms with van der Waals surface area (Å²) < 4.78 is 6.07. The predicted octanol–water partition coefficient (Wildman–Crippen LogP) is 3.68. The summed E-state index contributed by atoms with van der Waals surface area (Å²) in [6.45, 7) is 17.0. The standard InChI is InChI=1S/C12H26O2Si/c1-9(2)15(10(3)4,11(5)6)14-12(7)8-13/h9-11,13H,7-8H2,1-6H3. The van der Waals surface area contributed by atoms with E-state index < -0.39 is 8.32 Å². The fraction of sp³-hybridized carbons (Fsp3) is 0.833. The van der Waals surface area contributed by atoms with Crippen LogP contribution in [0.15, 0.2) is 12.3 Å². The Morgan fingerprint density at radius 1 is 1.07 bits per heavy atom. The van der Waals surface area contributed by atoms with Crippen LogP contribution in [0, 0.1) is 0 Å². The van der Waals surface area contributed by atoms with Crippen molar-refractivity contribution in [3.8, 4) is 0 Å². The van der Waals surface area contributed by atoms with Crippen LogP contribution >= 0.6 is 0 Å². The number of hydrogen-bond acceptors (Lipinski definition) is 2. The van der Waals surface area contributed by atoms with Crippen LogP contribution < -0.4 is 0 Å². The van der Waals surface area contributed by atoms with Crippen molar-refractivity contribution in [2.75, 3.05) is 6.61 Å². The van der Waals surface area contributed by atoms with Gasteiger partial charge in [0.1, 0.15) is 0 Å². The minimum atomic E-state index is -1.87. The minimum absolute atomic E-state index is 0.0685. The highest BCUT2D eigenvalue weighted by Crippen LogP contribution is 2.43. The molecular weight excluding hydrogens is 204 g/mol. The van der Waals surface area contributed by atoms with Gasteiger partial charge in [-0.1, -0.05) is 48.1 Å². The Morgan fingerprint density at radius 2 is 1.40 bits per heavy atom. The molecule has 0 aliphatic heterocycles. The van der Waals surface area contributed by atoms with Crippen LogP contribution in [0.2, 0.25) is 16.6 Å². The first-order valence-corrected chi connectivity index (χ1v) is 7.90. The largest absolute Gasteiger partial charge is 0.544 e. The van der Waals surface area contributed by atoms with Crippen molar-refractivity contribution in [1.82, 2.24) is 0 Å². The summed E-state index contributed by atoms with van der Waals surface area (Å²) in [4.78, 5) is 0. The van der Waals surface area contributed by atoms with E-state index in [0.29, 0.717) is 22.4 Å². The zero-order valence-corrected chi connectivity index (χ0v) is 12.0. The number of rotatable bonds is 6. The number of aliphatic hydroxyl groups excluding tert-OH is 1. The average Bonchev–Trinajstić information content (AvgIpc) is 2.11. The highest BCUT2D eigenvalue weighted by atomic mass is 28.4. The molecule has 3 heteroatoms. The molecule has 2 nitrogen and oxygen atoms in total. The first-order chi connectivity index (χ1) is 6.78. The van der Waals surface area contributed by atoms with Crippen molar-refractivity contribution in [2.24, 2.45) is 0 Å². The van der Waals surface area contributed by atoms with Crippen molar-refractivity contribution in [2.45, 2.75) is 58.2 Å². The molecule has 0 aliphatic rings. The van der Waals surface area contributed by atoms with E-state index in [1.807, 2.05) is 0 Å². The molecule has 0 amide bonds. The molecule has 0 aromatic rings. The number of aliphatic hydroxyl groups is 1. The molecule has 1 N–H and O–H groups in total. The topological polar surface area (TPSA) is 29.5 Å². The average molecular weight is 230 g/mol. The van der Waals surface area contributed by atoms with Crippen LogP contribution in [0.5, 0.6) is 0 Å². The van der Waals surface area contributed by atoms with Gasteiger partial charge in [0.2, 0.25) is 0 Å². The maximum Gasteiger partial charge on any atom is 0.258 e. The first kappa shape index (κ1) is 14.7. The molecular formula is C12H26O2Si. The van der Waals surface area contributed by atoms with Gasteiger partial charge in [0, 0.05) is 0 Å². The summed E-state index contributed by atoms with van der Waals surface area (Å²) in [5.41, 5.74) is 1.59. The lowest BCUT2D eigenvalue weighted by atomic mass is 10.5. The van der Waals surface area contributed by atoms with Gasteiger partial charge in [0.05, 0.1) is 12.4 Å². The molecule has 0 atom stereocenters. The summed E-state index contributed by atoms with van der Waals surface area (Å²) in [5, 5.41) is 9.04. The van der Waals surface area contributed by atoms with Gasteiger partial charge in [0.25, 0.3) is 8.32 Å². The third-order valence-electron chi connectivity index (χ3n) is 3.20. The van der Waals surface area contributed by atoms with Crippen molar-refractivity contribution >= 4 is 8.32 Å². The maximum atomic E-state index is 9.04. The molecule has 0 saturated carbocycles. The number of hydrogen-bond donors (Lipinski definition) is 1. The fourth-order valence-electron chi connectivity index (χ4n) is 2.64. The van der Waals surface area contributed by atoms with E-state index in [4.69, 9.17) is 9.53 Å². The second-order valence-electron chi connectivity index (χ2n) is 5.12. The summed E-state index contributed by atoms with van der Waals surface area (Å²) in [7, 11) is -1.87. The molecule has 90 valence electrons. The highest BCUT2D eigenvalue weighted by Gasteiger charge is 2.46. The van der Waals surface area contributed by atoms with E-state index >= 15 is 0 Å². The molecule has 15 heavy (non-hydrogen) atoms. The van der Waals surface area contributed by atoms with Gasteiger partial charge in [-0.2, -0.15) is 0 Å². The van der Waals surface area contributed by atoms with Gasteiger partial charge < -0.3 is 9.53 Å². The van der Waals surface area contributed by atoms with Crippen molar-refractivity contribution < 1.29 is 9.53 Å². The van der Waals surface area contributed by atoms with Crippen molar-refractivity contribution in [3.05, 3.63) is 12.3 Å². The summed E-state index contributed by atoms with van der Waals surface area (Å²) >= 11 is 0. The Labute approximate surface area is 95.5 Å². The normalized spacial score (nSPS) is 12.7. The molecule has 0 saturated heterocycles. The van der Waals surface area contributed by atoms with Crippen molar-refractivity contribution in [3.63, 3.8) is 0 Å². The zero-order chi connectivity index (χ0) is 12.2. The third kappa shape index (κ3) is 3.08. The fourth-order valence-corrected chi connectivity index (χ4v) is 7.91. The molecule has 0 aliphatic carbocycles. The van der Waals surface area contributed by atoms with Crippen LogP contribution in [-0.2, 0) is 4.43 Å². The van der Waals surface area contributed by atoms with Gasteiger partial charge in [-0.3, -0.25) is 0 Å². The zero-order valence-electron chi connectivity index (χ0n) is 11.0. The molecule has 0 fully saturated rings. The van der Waals surface area contributed by atoms with Crippen LogP contribution in [-0.4, -0.2) is 20.0 Å².